The van der Waals surface area contributed by atoms with Crippen molar-refractivity contribution in [3.05, 3.63) is 35.7 Å². The Bertz CT molecular complexity index is 525. The van der Waals surface area contributed by atoms with Gasteiger partial charge in [-0.15, -0.1) is 10.2 Å². The molecule has 0 radical (unpaired) electrons. The van der Waals surface area contributed by atoms with Crippen molar-refractivity contribution >= 4 is 18.0 Å². The van der Waals surface area contributed by atoms with Crippen molar-refractivity contribution in [2.24, 2.45) is 0 Å². The third-order valence-electron chi connectivity index (χ3n) is 2.34. The molecule has 2 aromatic rings. The van der Waals surface area contributed by atoms with E-state index in [-0.39, 0.29) is 0 Å². The number of aldehydes is 1. The lowest BCUT2D eigenvalue weighted by Gasteiger charge is -2.04. The summed E-state index contributed by atoms with van der Waals surface area (Å²) in [5.74, 6) is 2.11. The molecule has 0 spiro atoms. The molecule has 0 saturated carbocycles. The van der Waals surface area contributed by atoms with Crippen LogP contribution in [-0.4, -0.2) is 28.8 Å². The van der Waals surface area contributed by atoms with Gasteiger partial charge in [-0.3, -0.25) is 4.79 Å². The number of hydrogen-bond acceptors (Lipinski definition) is 6. The number of rotatable bonds is 7. The molecule has 100 valence electrons. The monoisotopic (exact) mass is 278 g/mol. The lowest BCUT2D eigenvalue weighted by atomic mass is 10.2. The van der Waals surface area contributed by atoms with Crippen molar-refractivity contribution in [3.8, 4) is 5.75 Å². The minimum atomic E-state index is 0.537. The second kappa shape index (κ2) is 6.94. The van der Waals surface area contributed by atoms with E-state index in [4.69, 9.17) is 9.15 Å². The van der Waals surface area contributed by atoms with Crippen LogP contribution in [0.1, 0.15) is 23.2 Å². The molecule has 0 unspecified atom stereocenters. The van der Waals surface area contributed by atoms with Gasteiger partial charge in [-0.2, -0.15) is 0 Å². The highest BCUT2D eigenvalue weighted by Gasteiger charge is 2.04. The molecule has 0 N–H and O–H groups in total. The normalized spacial score (nSPS) is 10.4. The van der Waals surface area contributed by atoms with E-state index in [1.807, 2.05) is 6.92 Å². The Balaban J connectivity index is 1.72. The van der Waals surface area contributed by atoms with Crippen molar-refractivity contribution in [2.75, 3.05) is 12.4 Å². The number of carbonyl (C=O) groups is 1. The van der Waals surface area contributed by atoms with Gasteiger partial charge in [0.15, 0.2) is 0 Å². The molecular formula is C13H14N2O3S. The maximum Gasteiger partial charge on any atom is 0.276 e. The predicted octanol–water partition coefficient (Wildman–Crippen LogP) is 2.62. The molecule has 19 heavy (non-hydrogen) atoms. The maximum atomic E-state index is 10.5. The summed E-state index contributed by atoms with van der Waals surface area (Å²) in [4.78, 5) is 10.5. The second-order valence-electron chi connectivity index (χ2n) is 3.70. The Labute approximate surface area is 115 Å². The van der Waals surface area contributed by atoms with Gasteiger partial charge in [0.2, 0.25) is 5.89 Å². The third kappa shape index (κ3) is 4.10. The number of hydrogen-bond donors (Lipinski definition) is 0. The number of aryl methyl sites for hydroxylation is 1. The number of benzene rings is 1. The van der Waals surface area contributed by atoms with Crippen LogP contribution in [0, 0.1) is 0 Å². The van der Waals surface area contributed by atoms with Gasteiger partial charge in [0, 0.05) is 17.7 Å². The van der Waals surface area contributed by atoms with Gasteiger partial charge in [-0.1, -0.05) is 18.7 Å². The van der Waals surface area contributed by atoms with Gasteiger partial charge < -0.3 is 9.15 Å². The van der Waals surface area contributed by atoms with Crippen LogP contribution in [0.3, 0.4) is 0 Å². The van der Waals surface area contributed by atoms with Crippen molar-refractivity contribution in [3.63, 3.8) is 0 Å². The average molecular weight is 278 g/mol. The summed E-state index contributed by atoms with van der Waals surface area (Å²) in [5.41, 5.74) is 0.639. The summed E-state index contributed by atoms with van der Waals surface area (Å²) < 4.78 is 10.9. The van der Waals surface area contributed by atoms with Crippen LogP contribution in [-0.2, 0) is 6.42 Å². The summed E-state index contributed by atoms with van der Waals surface area (Å²) in [6.07, 6.45) is 1.55. The molecule has 2 rings (SSSR count). The molecule has 0 bridgehead atoms. The number of nitrogens with zero attached hydrogens (tertiary/aromatic N) is 2. The van der Waals surface area contributed by atoms with E-state index < -0.39 is 0 Å². The zero-order valence-electron chi connectivity index (χ0n) is 10.5. The van der Waals surface area contributed by atoms with Gasteiger partial charge >= 0.3 is 0 Å². The van der Waals surface area contributed by atoms with Crippen LogP contribution in [0.25, 0.3) is 0 Å². The van der Waals surface area contributed by atoms with E-state index in [0.29, 0.717) is 23.3 Å². The van der Waals surface area contributed by atoms with E-state index in [2.05, 4.69) is 10.2 Å². The highest BCUT2D eigenvalue weighted by atomic mass is 32.2. The Hall–Kier alpha value is -1.82. The van der Waals surface area contributed by atoms with Gasteiger partial charge in [0.25, 0.3) is 5.22 Å². The average Bonchev–Trinajstić information content (AvgIpc) is 2.92. The Kier molecular flexibility index (Phi) is 4.97. The summed E-state index contributed by atoms with van der Waals surface area (Å²) in [6.45, 7) is 2.50. The van der Waals surface area contributed by atoms with Gasteiger partial charge in [0.05, 0.1) is 6.61 Å². The number of thioether (sulfide) groups is 1. The molecule has 0 atom stereocenters. The fraction of sp³-hybridized carbons (Fsp3) is 0.308. The second-order valence-corrected chi connectivity index (χ2v) is 4.75. The topological polar surface area (TPSA) is 65.2 Å². The first kappa shape index (κ1) is 13.6. The first-order chi connectivity index (χ1) is 9.31. The fourth-order valence-corrected chi connectivity index (χ4v) is 1.97. The molecule has 0 amide bonds. The third-order valence-corrected chi connectivity index (χ3v) is 3.13. The van der Waals surface area contributed by atoms with Crippen LogP contribution in [0.2, 0.25) is 0 Å². The molecule has 0 aliphatic carbocycles. The molecule has 0 aliphatic rings. The van der Waals surface area contributed by atoms with Crippen molar-refractivity contribution in [2.45, 2.75) is 18.6 Å². The lowest BCUT2D eigenvalue weighted by molar-refractivity contribution is 0.112. The molecule has 1 heterocycles. The number of aromatic nitrogens is 2. The van der Waals surface area contributed by atoms with Gasteiger partial charge in [-0.25, -0.2) is 0 Å². The summed E-state index contributed by atoms with van der Waals surface area (Å²) in [7, 11) is 0. The van der Waals surface area contributed by atoms with Crippen molar-refractivity contribution in [1.82, 2.24) is 10.2 Å². The molecule has 0 aliphatic heterocycles. The van der Waals surface area contributed by atoms with E-state index in [9.17, 15) is 4.79 Å². The van der Waals surface area contributed by atoms with E-state index in [0.717, 1.165) is 24.2 Å². The Morgan fingerprint density at radius 2 is 2.11 bits per heavy atom. The van der Waals surface area contributed by atoms with Gasteiger partial charge in [-0.05, 0) is 24.3 Å². The van der Waals surface area contributed by atoms with Crippen LogP contribution in [0.15, 0.2) is 33.9 Å². The molecule has 0 saturated heterocycles. The number of ether oxygens (including phenoxy) is 1. The summed E-state index contributed by atoms with van der Waals surface area (Å²) >= 11 is 1.46. The minimum absolute atomic E-state index is 0.537. The van der Waals surface area contributed by atoms with Crippen molar-refractivity contribution in [1.29, 1.82) is 0 Å². The van der Waals surface area contributed by atoms with Crippen LogP contribution >= 0.6 is 11.8 Å². The highest BCUT2D eigenvalue weighted by Crippen LogP contribution is 2.17. The number of carbonyl (C=O) groups excluding carboxylic acids is 1. The first-order valence-corrected chi connectivity index (χ1v) is 6.93. The zero-order chi connectivity index (χ0) is 13.5. The van der Waals surface area contributed by atoms with Crippen molar-refractivity contribution < 1.29 is 13.9 Å². The standard InChI is InChI=1S/C13H14N2O3S/c1-2-12-14-15-13(18-12)19-8-7-17-11-5-3-10(9-16)4-6-11/h3-6,9H,2,7-8H2,1H3. The molecule has 0 fully saturated rings. The van der Waals surface area contributed by atoms with Gasteiger partial charge in [0.1, 0.15) is 12.0 Å². The first-order valence-electron chi connectivity index (χ1n) is 5.95. The van der Waals surface area contributed by atoms with E-state index in [1.54, 1.807) is 24.3 Å². The molecule has 1 aromatic heterocycles. The quantitative estimate of drug-likeness (QED) is 0.440. The highest BCUT2D eigenvalue weighted by molar-refractivity contribution is 7.99. The maximum absolute atomic E-state index is 10.5. The van der Waals surface area contributed by atoms with Crippen LogP contribution in [0.4, 0.5) is 0 Å². The molecule has 1 aromatic carbocycles. The van der Waals surface area contributed by atoms with E-state index in [1.165, 1.54) is 11.8 Å². The summed E-state index contributed by atoms with van der Waals surface area (Å²) in [5, 5.41) is 8.35. The van der Waals surface area contributed by atoms with Crippen LogP contribution < -0.4 is 4.74 Å². The summed E-state index contributed by atoms with van der Waals surface area (Å²) in [6, 6.07) is 6.99. The molecular weight excluding hydrogens is 264 g/mol. The van der Waals surface area contributed by atoms with E-state index >= 15 is 0 Å². The molecule has 5 nitrogen and oxygen atoms in total. The smallest absolute Gasteiger partial charge is 0.276 e. The Morgan fingerprint density at radius 1 is 1.32 bits per heavy atom. The minimum Gasteiger partial charge on any atom is -0.493 e. The predicted molar refractivity (Wildman–Crippen MR) is 71.7 cm³/mol. The lowest BCUT2D eigenvalue weighted by Crippen LogP contribution is -2.00. The van der Waals surface area contributed by atoms with Crippen LogP contribution in [0.5, 0.6) is 5.75 Å². The zero-order valence-corrected chi connectivity index (χ0v) is 11.4. The largest absolute Gasteiger partial charge is 0.493 e. The molecule has 6 heteroatoms. The SMILES string of the molecule is CCc1nnc(SCCOc2ccc(C=O)cc2)o1. The Morgan fingerprint density at radius 3 is 2.74 bits per heavy atom. The fourth-order valence-electron chi connectivity index (χ4n) is 1.37.